The van der Waals surface area contributed by atoms with Crippen LogP contribution in [0.4, 0.5) is 5.82 Å². The standard InChI is InChI=1S/C33H44ClN7O/c34-28-11-9-26(10-12-28)22-30(38-29-13-18-39(19-14-29)31-8-4-5-17-36-31)32(42)40-20-15-33(16-21-40,23-41-25-35-24-37-41)27-6-2-1-3-7-27/h4-5,8-12,17,24-25,27,29-30,38H,1-3,6-7,13-16,18-23H2/t30-/m1/s1. The van der Waals surface area contributed by atoms with Crippen molar-refractivity contribution >= 4 is 23.3 Å². The molecule has 2 aromatic heterocycles. The number of benzene rings is 1. The lowest BCUT2D eigenvalue weighted by atomic mass is 9.63. The molecule has 3 fully saturated rings. The average Bonchev–Trinajstić information content (AvgIpc) is 3.56. The molecule has 1 saturated carbocycles. The van der Waals surface area contributed by atoms with Gasteiger partial charge in [0, 0.05) is 50.0 Å². The Morgan fingerprint density at radius 3 is 2.40 bits per heavy atom. The molecule has 3 aliphatic rings. The Morgan fingerprint density at radius 1 is 0.976 bits per heavy atom. The molecule has 1 aliphatic carbocycles. The third kappa shape index (κ3) is 6.97. The molecule has 6 rings (SSSR count). The van der Waals surface area contributed by atoms with Crippen LogP contribution in [0.3, 0.4) is 0 Å². The van der Waals surface area contributed by atoms with Crippen molar-refractivity contribution in [3.63, 3.8) is 0 Å². The van der Waals surface area contributed by atoms with Crippen LogP contribution in [0.1, 0.15) is 63.4 Å². The number of nitrogens with one attached hydrogen (secondary N) is 1. The fraction of sp³-hybridized carbons (Fsp3) is 0.576. The Labute approximate surface area is 254 Å². The van der Waals surface area contributed by atoms with Crippen LogP contribution < -0.4 is 10.2 Å². The molecule has 2 aliphatic heterocycles. The van der Waals surface area contributed by atoms with Crippen LogP contribution in [0.15, 0.2) is 61.3 Å². The van der Waals surface area contributed by atoms with Crippen molar-refractivity contribution in [3.8, 4) is 0 Å². The van der Waals surface area contributed by atoms with Gasteiger partial charge in [-0.05, 0) is 86.1 Å². The number of carbonyl (C=O) groups is 1. The highest BCUT2D eigenvalue weighted by Crippen LogP contribution is 2.47. The van der Waals surface area contributed by atoms with Crippen molar-refractivity contribution in [2.45, 2.75) is 82.8 Å². The minimum atomic E-state index is -0.255. The molecule has 4 heterocycles. The minimum absolute atomic E-state index is 0.183. The maximum atomic E-state index is 14.2. The van der Waals surface area contributed by atoms with Gasteiger partial charge >= 0.3 is 0 Å². The van der Waals surface area contributed by atoms with Gasteiger partial charge in [0.1, 0.15) is 18.5 Å². The molecule has 0 spiro atoms. The van der Waals surface area contributed by atoms with Crippen LogP contribution in [-0.4, -0.2) is 68.8 Å². The molecule has 1 atom stereocenters. The summed E-state index contributed by atoms with van der Waals surface area (Å²) in [7, 11) is 0. The molecule has 1 amide bonds. The van der Waals surface area contributed by atoms with Crippen molar-refractivity contribution in [2.75, 3.05) is 31.1 Å². The topological polar surface area (TPSA) is 79.2 Å². The Hall–Kier alpha value is -2.97. The molecular formula is C33H44ClN7O. The molecule has 1 aromatic carbocycles. The van der Waals surface area contributed by atoms with E-state index in [2.05, 4.69) is 48.4 Å². The smallest absolute Gasteiger partial charge is 0.240 e. The van der Waals surface area contributed by atoms with Gasteiger partial charge in [0.15, 0.2) is 0 Å². The van der Waals surface area contributed by atoms with Crippen LogP contribution in [0.5, 0.6) is 0 Å². The van der Waals surface area contributed by atoms with Crippen molar-refractivity contribution < 1.29 is 4.79 Å². The second-order valence-corrected chi connectivity index (χ2v) is 13.1. The van der Waals surface area contributed by atoms with Gasteiger partial charge in [0.05, 0.1) is 6.04 Å². The summed E-state index contributed by atoms with van der Waals surface area (Å²) in [6, 6.07) is 14.1. The Bertz CT molecular complexity index is 1250. The number of anilines is 1. The van der Waals surface area contributed by atoms with Gasteiger partial charge in [-0.25, -0.2) is 9.97 Å². The number of pyridine rings is 1. The van der Waals surface area contributed by atoms with Crippen molar-refractivity contribution in [2.24, 2.45) is 11.3 Å². The van der Waals surface area contributed by atoms with E-state index in [0.717, 1.165) is 74.8 Å². The van der Waals surface area contributed by atoms with Crippen LogP contribution >= 0.6 is 11.6 Å². The fourth-order valence-corrected chi connectivity index (χ4v) is 7.74. The van der Waals surface area contributed by atoms with E-state index in [1.54, 1.807) is 6.33 Å². The molecule has 42 heavy (non-hydrogen) atoms. The largest absolute Gasteiger partial charge is 0.357 e. The summed E-state index contributed by atoms with van der Waals surface area (Å²) in [5.74, 6) is 1.96. The zero-order chi connectivity index (χ0) is 28.8. The maximum absolute atomic E-state index is 14.2. The average molecular weight is 590 g/mol. The normalized spacial score (nSPS) is 20.9. The lowest BCUT2D eigenvalue weighted by molar-refractivity contribution is -0.137. The van der Waals surface area contributed by atoms with Gasteiger partial charge in [-0.1, -0.05) is 49.1 Å². The second kappa shape index (κ2) is 13.6. The second-order valence-electron chi connectivity index (χ2n) is 12.6. The number of carbonyl (C=O) groups excluding carboxylic acids is 1. The van der Waals surface area contributed by atoms with Gasteiger partial charge < -0.3 is 15.1 Å². The maximum Gasteiger partial charge on any atom is 0.240 e. The van der Waals surface area contributed by atoms with Crippen LogP contribution in [0.25, 0.3) is 0 Å². The molecule has 3 aromatic rings. The monoisotopic (exact) mass is 589 g/mol. The van der Waals surface area contributed by atoms with E-state index in [4.69, 9.17) is 11.6 Å². The first-order chi connectivity index (χ1) is 20.6. The number of amides is 1. The third-order valence-electron chi connectivity index (χ3n) is 10.0. The first-order valence-corrected chi connectivity index (χ1v) is 16.2. The van der Waals surface area contributed by atoms with Crippen molar-refractivity contribution in [1.82, 2.24) is 30.0 Å². The van der Waals surface area contributed by atoms with E-state index in [0.29, 0.717) is 18.4 Å². The molecular weight excluding hydrogens is 546 g/mol. The Morgan fingerprint density at radius 2 is 1.74 bits per heavy atom. The summed E-state index contributed by atoms with van der Waals surface area (Å²) < 4.78 is 2.02. The highest BCUT2D eigenvalue weighted by Gasteiger charge is 2.44. The van der Waals surface area contributed by atoms with Crippen molar-refractivity contribution in [3.05, 3.63) is 71.9 Å². The Kier molecular flexibility index (Phi) is 9.40. The van der Waals surface area contributed by atoms with E-state index in [9.17, 15) is 4.79 Å². The molecule has 0 bridgehead atoms. The summed E-state index contributed by atoms with van der Waals surface area (Å²) in [5, 5.41) is 9.01. The number of hydrogen-bond donors (Lipinski definition) is 1. The molecule has 8 nitrogen and oxygen atoms in total. The van der Waals surface area contributed by atoms with E-state index in [1.165, 1.54) is 32.1 Å². The van der Waals surface area contributed by atoms with Crippen LogP contribution in [0.2, 0.25) is 5.02 Å². The van der Waals surface area contributed by atoms with Gasteiger partial charge in [0.25, 0.3) is 0 Å². The predicted octanol–water partition coefficient (Wildman–Crippen LogP) is 5.39. The lowest BCUT2D eigenvalue weighted by Crippen LogP contribution is -2.56. The summed E-state index contributed by atoms with van der Waals surface area (Å²) in [5.41, 5.74) is 1.32. The predicted molar refractivity (Wildman–Crippen MR) is 166 cm³/mol. The zero-order valence-electron chi connectivity index (χ0n) is 24.6. The molecule has 0 radical (unpaired) electrons. The molecule has 1 N–H and O–H groups in total. The third-order valence-corrected chi connectivity index (χ3v) is 10.3. The Balaban J connectivity index is 1.13. The number of piperidine rings is 2. The van der Waals surface area contributed by atoms with E-state index in [1.807, 2.05) is 41.5 Å². The quantitative estimate of drug-likeness (QED) is 0.361. The van der Waals surface area contributed by atoms with E-state index < -0.39 is 0 Å². The SMILES string of the molecule is O=C([C@@H](Cc1ccc(Cl)cc1)NC1CCN(c2ccccn2)CC1)N1CCC(Cn2cncn2)(C2CCCCC2)CC1. The number of likely N-dealkylation sites (tertiary alicyclic amines) is 1. The minimum Gasteiger partial charge on any atom is -0.357 e. The lowest BCUT2D eigenvalue weighted by Gasteiger charge is -2.48. The van der Waals surface area contributed by atoms with Crippen molar-refractivity contribution in [1.29, 1.82) is 0 Å². The highest BCUT2D eigenvalue weighted by molar-refractivity contribution is 6.30. The first-order valence-electron chi connectivity index (χ1n) is 15.9. The summed E-state index contributed by atoms with van der Waals surface area (Å²) in [6.07, 6.45) is 16.6. The number of halogens is 1. The van der Waals surface area contributed by atoms with Gasteiger partial charge in [-0.2, -0.15) is 5.10 Å². The summed E-state index contributed by atoms with van der Waals surface area (Å²) in [4.78, 5) is 27.5. The number of nitrogens with zero attached hydrogens (tertiary/aromatic N) is 6. The van der Waals surface area contributed by atoms with Gasteiger partial charge in [-0.15, -0.1) is 0 Å². The highest BCUT2D eigenvalue weighted by atomic mass is 35.5. The van der Waals surface area contributed by atoms with Crippen LogP contribution in [-0.2, 0) is 17.8 Å². The number of rotatable bonds is 9. The zero-order valence-corrected chi connectivity index (χ0v) is 25.3. The van der Waals surface area contributed by atoms with E-state index >= 15 is 0 Å². The van der Waals surface area contributed by atoms with Gasteiger partial charge in [-0.3, -0.25) is 9.48 Å². The fourth-order valence-electron chi connectivity index (χ4n) is 7.61. The van der Waals surface area contributed by atoms with Crippen LogP contribution in [0, 0.1) is 11.3 Å². The van der Waals surface area contributed by atoms with E-state index in [-0.39, 0.29) is 17.4 Å². The molecule has 2 saturated heterocycles. The first kappa shape index (κ1) is 29.1. The molecule has 9 heteroatoms. The van der Waals surface area contributed by atoms with Gasteiger partial charge in [0.2, 0.25) is 5.91 Å². The number of aromatic nitrogens is 4. The summed E-state index contributed by atoms with van der Waals surface area (Å²) in [6.45, 7) is 4.39. The number of hydrogen-bond acceptors (Lipinski definition) is 6. The molecule has 224 valence electrons. The summed E-state index contributed by atoms with van der Waals surface area (Å²) >= 11 is 6.18. The molecule has 0 unspecified atom stereocenters.